The van der Waals surface area contributed by atoms with Crippen LogP contribution in [0.2, 0.25) is 0 Å². The third kappa shape index (κ3) is 3.66. The molecule has 5 rings (SSSR count). The Morgan fingerprint density at radius 2 is 1.91 bits per heavy atom. The first-order chi connectivity index (χ1) is 15.8. The molecule has 3 aromatic rings. The number of hydrogen-bond acceptors (Lipinski definition) is 4. The van der Waals surface area contributed by atoms with Crippen LogP contribution in [0.5, 0.6) is 0 Å². The number of piperazine rings is 1. The number of aromatic carboxylic acids is 1. The number of hydrogen-bond donors (Lipinski definition) is 2. The molecule has 1 saturated carbocycles. The number of pyridine rings is 1. The predicted molar refractivity (Wildman–Crippen MR) is 118 cm³/mol. The first kappa shape index (κ1) is 21.5. The number of carboxylic acids is 1. The maximum Gasteiger partial charge on any atom is 0.341 e. The van der Waals surface area contributed by atoms with E-state index >= 15 is 4.39 Å². The molecule has 0 radical (unpaired) electrons. The Kier molecular flexibility index (Phi) is 5.16. The molecule has 2 heterocycles. The molecular weight excluding hydrogens is 435 g/mol. The molecule has 0 bridgehead atoms. The average Bonchev–Trinajstić information content (AvgIpc) is 3.59. The van der Waals surface area contributed by atoms with Gasteiger partial charge in [-0.2, -0.15) is 0 Å². The van der Waals surface area contributed by atoms with E-state index in [9.17, 15) is 23.5 Å². The van der Waals surface area contributed by atoms with Gasteiger partial charge in [0.1, 0.15) is 23.0 Å². The van der Waals surface area contributed by atoms with Crippen LogP contribution in [0.25, 0.3) is 16.6 Å². The molecule has 9 heteroatoms. The van der Waals surface area contributed by atoms with E-state index < -0.39 is 34.4 Å². The van der Waals surface area contributed by atoms with Crippen LogP contribution in [0.1, 0.15) is 41.6 Å². The Morgan fingerprint density at radius 1 is 1.15 bits per heavy atom. The molecule has 1 aromatic heterocycles. The number of anilines is 1. The molecule has 1 aliphatic carbocycles. The smallest absolute Gasteiger partial charge is 0.341 e. The highest BCUT2D eigenvalue weighted by atomic mass is 19.1. The van der Waals surface area contributed by atoms with Crippen molar-refractivity contribution in [1.29, 1.82) is 0 Å². The van der Waals surface area contributed by atoms with E-state index in [1.54, 1.807) is 0 Å². The summed E-state index contributed by atoms with van der Waals surface area (Å²) in [5, 5.41) is 12.8. The maximum atomic E-state index is 15.6. The van der Waals surface area contributed by atoms with Crippen molar-refractivity contribution >= 4 is 22.6 Å². The highest BCUT2D eigenvalue weighted by Gasteiger charge is 2.35. The SMILES string of the molecule is CC1CN(c2c(F)cc3c(=O)c(C(=O)O)cn(-c4ccc(F)cc4F)c3c2C2CC2)CCN1. The summed E-state index contributed by atoms with van der Waals surface area (Å²) in [4.78, 5) is 26.7. The van der Waals surface area contributed by atoms with Crippen LogP contribution >= 0.6 is 0 Å². The van der Waals surface area contributed by atoms with Crippen molar-refractivity contribution in [3.63, 3.8) is 0 Å². The van der Waals surface area contributed by atoms with Crippen LogP contribution in [0.4, 0.5) is 18.9 Å². The lowest BCUT2D eigenvalue weighted by Gasteiger charge is -2.35. The molecule has 1 aliphatic heterocycles. The highest BCUT2D eigenvalue weighted by molar-refractivity contribution is 5.96. The van der Waals surface area contributed by atoms with Crippen molar-refractivity contribution < 1.29 is 23.1 Å². The van der Waals surface area contributed by atoms with Crippen LogP contribution in [-0.4, -0.2) is 41.3 Å². The molecule has 172 valence electrons. The Morgan fingerprint density at radius 3 is 2.55 bits per heavy atom. The van der Waals surface area contributed by atoms with E-state index in [1.165, 1.54) is 10.6 Å². The number of halogens is 3. The van der Waals surface area contributed by atoms with Crippen LogP contribution in [0, 0.1) is 17.5 Å². The predicted octanol–water partition coefficient (Wildman–Crippen LogP) is 3.78. The molecule has 6 nitrogen and oxygen atoms in total. The molecule has 1 atom stereocenters. The van der Waals surface area contributed by atoms with Crippen LogP contribution in [0.15, 0.2) is 35.3 Å². The Balaban J connectivity index is 1.90. The summed E-state index contributed by atoms with van der Waals surface area (Å²) in [6.07, 6.45) is 2.60. The molecule has 0 spiro atoms. The van der Waals surface area contributed by atoms with Crippen LogP contribution in [0.3, 0.4) is 0 Å². The Hall–Kier alpha value is -3.33. The zero-order valence-corrected chi connectivity index (χ0v) is 17.9. The normalized spacial score (nSPS) is 18.7. The highest BCUT2D eigenvalue weighted by Crippen LogP contribution is 2.49. The topological polar surface area (TPSA) is 74.6 Å². The fourth-order valence-corrected chi connectivity index (χ4v) is 4.71. The second-order valence-electron chi connectivity index (χ2n) is 8.74. The van der Waals surface area contributed by atoms with E-state index in [1.807, 2.05) is 11.8 Å². The third-order valence-corrected chi connectivity index (χ3v) is 6.32. The van der Waals surface area contributed by atoms with Gasteiger partial charge in [-0.25, -0.2) is 18.0 Å². The molecule has 1 unspecified atom stereocenters. The van der Waals surface area contributed by atoms with Crippen molar-refractivity contribution in [2.75, 3.05) is 24.5 Å². The van der Waals surface area contributed by atoms with Gasteiger partial charge in [0.05, 0.1) is 22.3 Å². The molecule has 1 saturated heterocycles. The van der Waals surface area contributed by atoms with Crippen molar-refractivity contribution in [2.24, 2.45) is 0 Å². The first-order valence-corrected chi connectivity index (χ1v) is 10.8. The second-order valence-corrected chi connectivity index (χ2v) is 8.74. The van der Waals surface area contributed by atoms with Gasteiger partial charge < -0.3 is 19.9 Å². The van der Waals surface area contributed by atoms with Crippen LogP contribution in [-0.2, 0) is 0 Å². The van der Waals surface area contributed by atoms with Gasteiger partial charge in [0, 0.05) is 43.5 Å². The van der Waals surface area contributed by atoms with Crippen molar-refractivity contribution in [3.8, 4) is 5.69 Å². The van der Waals surface area contributed by atoms with Gasteiger partial charge in [0.25, 0.3) is 0 Å². The van der Waals surface area contributed by atoms with Crippen LogP contribution < -0.4 is 15.6 Å². The van der Waals surface area contributed by atoms with Crippen molar-refractivity contribution in [3.05, 3.63) is 69.3 Å². The van der Waals surface area contributed by atoms with Crippen molar-refractivity contribution in [1.82, 2.24) is 9.88 Å². The molecule has 0 amide bonds. The monoisotopic (exact) mass is 457 g/mol. The fourth-order valence-electron chi connectivity index (χ4n) is 4.71. The summed E-state index contributed by atoms with van der Waals surface area (Å²) < 4.78 is 45.3. The summed E-state index contributed by atoms with van der Waals surface area (Å²) in [5.74, 6) is -3.87. The largest absolute Gasteiger partial charge is 0.477 e. The lowest BCUT2D eigenvalue weighted by atomic mass is 9.98. The van der Waals surface area contributed by atoms with E-state index in [-0.39, 0.29) is 28.6 Å². The summed E-state index contributed by atoms with van der Waals surface area (Å²) in [7, 11) is 0. The average molecular weight is 457 g/mol. The maximum absolute atomic E-state index is 15.6. The van der Waals surface area contributed by atoms with Gasteiger partial charge >= 0.3 is 5.97 Å². The Bertz CT molecular complexity index is 1350. The van der Waals surface area contributed by atoms with E-state index in [2.05, 4.69) is 5.32 Å². The fraction of sp³-hybridized carbons (Fsp3) is 0.333. The Labute approximate surface area is 187 Å². The number of nitrogens with one attached hydrogen (secondary N) is 1. The zero-order valence-electron chi connectivity index (χ0n) is 17.9. The minimum absolute atomic E-state index is 0.0479. The first-order valence-electron chi connectivity index (χ1n) is 10.8. The number of nitrogens with zero attached hydrogens (tertiary/aromatic N) is 2. The van der Waals surface area contributed by atoms with Gasteiger partial charge in [0.15, 0.2) is 0 Å². The quantitative estimate of drug-likeness (QED) is 0.624. The van der Waals surface area contributed by atoms with Gasteiger partial charge in [-0.1, -0.05) is 0 Å². The minimum atomic E-state index is -1.51. The van der Waals surface area contributed by atoms with Crippen molar-refractivity contribution in [2.45, 2.75) is 31.7 Å². The number of rotatable bonds is 4. The minimum Gasteiger partial charge on any atom is -0.477 e. The number of fused-ring (bicyclic) bond motifs is 1. The third-order valence-electron chi connectivity index (χ3n) is 6.32. The zero-order chi connectivity index (χ0) is 23.4. The van der Waals surface area contributed by atoms with E-state index in [0.717, 1.165) is 31.2 Å². The number of carbonyl (C=O) groups is 1. The standard InChI is InChI=1S/C24H22F3N3O3/c1-12-10-29(7-6-28-12)22-18(27)9-15-21(20(22)13-2-3-13)30(11-16(23(15)31)24(32)33)19-5-4-14(25)8-17(19)26/h4-5,8-9,11-13,28H,2-3,6-7,10H2,1H3,(H,32,33). The van der Waals surface area contributed by atoms with E-state index in [4.69, 9.17) is 0 Å². The summed E-state index contributed by atoms with van der Waals surface area (Å²) in [6.45, 7) is 3.74. The van der Waals surface area contributed by atoms with Gasteiger partial charge in [-0.3, -0.25) is 4.79 Å². The number of aromatic nitrogens is 1. The lowest BCUT2D eigenvalue weighted by molar-refractivity contribution is 0.0695. The van der Waals surface area contributed by atoms with E-state index in [0.29, 0.717) is 37.0 Å². The molecule has 2 aliphatic rings. The summed E-state index contributed by atoms with van der Waals surface area (Å²) in [5.41, 5.74) is -0.375. The second kappa shape index (κ2) is 7.91. The molecule has 33 heavy (non-hydrogen) atoms. The molecule has 2 N–H and O–H groups in total. The van der Waals surface area contributed by atoms with Gasteiger partial charge in [0.2, 0.25) is 5.43 Å². The lowest BCUT2D eigenvalue weighted by Crippen LogP contribution is -2.49. The summed E-state index contributed by atoms with van der Waals surface area (Å²) >= 11 is 0. The van der Waals surface area contributed by atoms with Gasteiger partial charge in [-0.15, -0.1) is 0 Å². The van der Waals surface area contributed by atoms with Gasteiger partial charge in [-0.05, 0) is 43.9 Å². The molecule has 2 aromatic carbocycles. The molecule has 2 fully saturated rings. The summed E-state index contributed by atoms with van der Waals surface area (Å²) in [6, 6.07) is 4.11. The molecular formula is C24H22F3N3O3. The number of benzene rings is 2. The number of carboxylic acid groups (broad SMARTS) is 1.